The summed E-state index contributed by atoms with van der Waals surface area (Å²) in [6, 6.07) is 5.60. The van der Waals surface area contributed by atoms with Crippen molar-refractivity contribution in [2.24, 2.45) is 0 Å². The second-order valence-electron chi connectivity index (χ2n) is 3.45. The lowest BCUT2D eigenvalue weighted by atomic mass is 10.0. The van der Waals surface area contributed by atoms with E-state index in [-0.39, 0.29) is 5.56 Å². The summed E-state index contributed by atoms with van der Waals surface area (Å²) in [5, 5.41) is 0. The van der Waals surface area contributed by atoms with Crippen molar-refractivity contribution in [1.29, 1.82) is 0 Å². The van der Waals surface area contributed by atoms with Crippen LogP contribution in [0.5, 0.6) is 0 Å². The number of benzene rings is 2. The zero-order chi connectivity index (χ0) is 13.4. The van der Waals surface area contributed by atoms with Crippen molar-refractivity contribution in [3.05, 3.63) is 56.9 Å². The lowest BCUT2D eigenvalue weighted by molar-refractivity contribution is 0.381. The molecule has 0 radical (unpaired) electrons. The summed E-state index contributed by atoms with van der Waals surface area (Å²) in [6.07, 6.45) is 0. The van der Waals surface area contributed by atoms with Crippen molar-refractivity contribution in [1.82, 2.24) is 0 Å². The van der Waals surface area contributed by atoms with Gasteiger partial charge in [-0.05, 0) is 40.3 Å². The second kappa shape index (κ2) is 4.83. The van der Waals surface area contributed by atoms with Gasteiger partial charge in [-0.1, -0.05) is 12.1 Å². The van der Waals surface area contributed by atoms with E-state index in [1.807, 2.05) is 22.6 Å². The topological polar surface area (TPSA) is 0 Å². The zero-order valence-corrected chi connectivity index (χ0v) is 10.7. The largest absolute Gasteiger partial charge is 0.203 e. The zero-order valence-electron chi connectivity index (χ0n) is 8.58. The van der Waals surface area contributed by atoms with Crippen LogP contribution in [0, 0.1) is 32.7 Å². The number of hydrogen-bond donors (Lipinski definition) is 0. The molecule has 0 heterocycles. The van der Waals surface area contributed by atoms with Crippen molar-refractivity contribution >= 4 is 22.6 Å². The van der Waals surface area contributed by atoms with Gasteiger partial charge in [0.2, 0.25) is 5.82 Å². The number of hydrogen-bond acceptors (Lipinski definition) is 0. The van der Waals surface area contributed by atoms with Crippen LogP contribution in [0.4, 0.5) is 22.0 Å². The molecule has 94 valence electrons. The predicted molar refractivity (Wildman–Crippen MR) is 64.4 cm³/mol. The van der Waals surface area contributed by atoms with Crippen LogP contribution in [0.15, 0.2) is 24.3 Å². The first-order valence-electron chi connectivity index (χ1n) is 4.71. The van der Waals surface area contributed by atoms with E-state index in [9.17, 15) is 22.0 Å². The fourth-order valence-corrected chi connectivity index (χ4v) is 1.83. The second-order valence-corrected chi connectivity index (χ2v) is 4.70. The summed E-state index contributed by atoms with van der Waals surface area (Å²) >= 11 is 1.96. The highest BCUT2D eigenvalue weighted by Crippen LogP contribution is 2.31. The molecule has 0 aliphatic heterocycles. The van der Waals surface area contributed by atoms with Crippen LogP contribution in [0.3, 0.4) is 0 Å². The van der Waals surface area contributed by atoms with Crippen LogP contribution in [0.25, 0.3) is 11.1 Å². The van der Waals surface area contributed by atoms with Gasteiger partial charge in [0.05, 0.1) is 5.56 Å². The van der Waals surface area contributed by atoms with E-state index < -0.39 is 34.6 Å². The molecule has 2 rings (SSSR count). The highest BCUT2D eigenvalue weighted by molar-refractivity contribution is 14.1. The van der Waals surface area contributed by atoms with Gasteiger partial charge in [-0.15, -0.1) is 0 Å². The third kappa shape index (κ3) is 2.09. The molecule has 0 spiro atoms. The molecule has 0 aromatic heterocycles. The third-order valence-electron chi connectivity index (χ3n) is 2.34. The van der Waals surface area contributed by atoms with E-state index >= 15 is 0 Å². The molecule has 0 N–H and O–H groups in total. The third-order valence-corrected chi connectivity index (χ3v) is 3.06. The molecular weight excluding hydrogens is 366 g/mol. The molecule has 0 aliphatic rings. The quantitative estimate of drug-likeness (QED) is 0.297. The fraction of sp³-hybridized carbons (Fsp3) is 0. The number of halogens is 6. The highest BCUT2D eigenvalue weighted by Gasteiger charge is 2.26. The first-order valence-corrected chi connectivity index (χ1v) is 5.78. The van der Waals surface area contributed by atoms with Crippen LogP contribution in [-0.2, 0) is 0 Å². The Morgan fingerprint density at radius 2 is 1.00 bits per heavy atom. The summed E-state index contributed by atoms with van der Waals surface area (Å²) in [5.74, 6) is -9.69. The molecule has 0 nitrogen and oxygen atoms in total. The van der Waals surface area contributed by atoms with Gasteiger partial charge in [-0.2, -0.15) is 0 Å². The van der Waals surface area contributed by atoms with E-state index in [4.69, 9.17) is 0 Å². The maximum Gasteiger partial charge on any atom is 0.200 e. The van der Waals surface area contributed by atoms with Gasteiger partial charge in [-0.25, -0.2) is 22.0 Å². The smallest absolute Gasteiger partial charge is 0.200 e. The Bertz CT molecular complexity index is 578. The summed E-state index contributed by atoms with van der Waals surface area (Å²) in [6.45, 7) is 0. The molecule has 18 heavy (non-hydrogen) atoms. The average molecular weight is 370 g/mol. The van der Waals surface area contributed by atoms with Gasteiger partial charge in [0.25, 0.3) is 0 Å². The van der Waals surface area contributed by atoms with Crippen molar-refractivity contribution in [3.63, 3.8) is 0 Å². The molecule has 0 amide bonds. The molecule has 0 aliphatic carbocycles. The van der Waals surface area contributed by atoms with Crippen LogP contribution in [-0.4, -0.2) is 0 Å². The maximum absolute atomic E-state index is 13.5. The molecule has 2 aromatic carbocycles. The summed E-state index contributed by atoms with van der Waals surface area (Å²) in [4.78, 5) is 0. The van der Waals surface area contributed by atoms with E-state index in [2.05, 4.69) is 0 Å². The summed E-state index contributed by atoms with van der Waals surface area (Å²) in [7, 11) is 0. The molecule has 2 aromatic rings. The minimum atomic E-state index is -2.15. The Morgan fingerprint density at radius 3 is 1.44 bits per heavy atom. The van der Waals surface area contributed by atoms with Crippen LogP contribution < -0.4 is 0 Å². The minimum Gasteiger partial charge on any atom is -0.203 e. The van der Waals surface area contributed by atoms with Gasteiger partial charge in [0.15, 0.2) is 23.3 Å². The predicted octanol–water partition coefficient (Wildman–Crippen LogP) is 4.65. The van der Waals surface area contributed by atoms with Crippen LogP contribution in [0.2, 0.25) is 0 Å². The monoisotopic (exact) mass is 370 g/mol. The maximum atomic E-state index is 13.5. The highest BCUT2D eigenvalue weighted by atomic mass is 127. The first kappa shape index (κ1) is 13.3. The molecule has 0 fully saturated rings. The Labute approximate surface area is 113 Å². The average Bonchev–Trinajstić information content (AvgIpc) is 2.36. The van der Waals surface area contributed by atoms with Crippen molar-refractivity contribution in [2.75, 3.05) is 0 Å². The van der Waals surface area contributed by atoms with Gasteiger partial charge in [0.1, 0.15) is 0 Å². The summed E-state index contributed by atoms with van der Waals surface area (Å²) < 4.78 is 66.6. The Hall–Kier alpha value is -1.18. The molecule has 6 heteroatoms. The van der Waals surface area contributed by atoms with Crippen LogP contribution >= 0.6 is 22.6 Å². The van der Waals surface area contributed by atoms with Gasteiger partial charge >= 0.3 is 0 Å². The van der Waals surface area contributed by atoms with E-state index in [1.165, 1.54) is 24.3 Å². The molecule has 0 saturated carbocycles. The van der Waals surface area contributed by atoms with Gasteiger partial charge < -0.3 is 0 Å². The van der Waals surface area contributed by atoms with Crippen molar-refractivity contribution in [2.45, 2.75) is 0 Å². The van der Waals surface area contributed by atoms with Crippen LogP contribution in [0.1, 0.15) is 0 Å². The standard InChI is InChI=1S/C12H4F5I/c13-8-7(5-1-3-6(18)4-2-5)9(14)11(16)12(17)10(8)15/h1-4H. The van der Waals surface area contributed by atoms with E-state index in [0.29, 0.717) is 0 Å². The summed E-state index contributed by atoms with van der Waals surface area (Å²) in [5.41, 5.74) is -0.981. The molecule has 0 atom stereocenters. The SMILES string of the molecule is Fc1c(F)c(F)c(-c2ccc(I)cc2)c(F)c1F. The Morgan fingerprint density at radius 1 is 0.611 bits per heavy atom. The van der Waals surface area contributed by atoms with Gasteiger partial charge in [-0.3, -0.25) is 0 Å². The lowest BCUT2D eigenvalue weighted by Gasteiger charge is -2.08. The molecular formula is C12H4F5I. The molecule has 0 unspecified atom stereocenters. The first-order chi connectivity index (χ1) is 8.43. The molecule has 0 saturated heterocycles. The number of rotatable bonds is 1. The minimum absolute atomic E-state index is 0.0665. The fourth-order valence-electron chi connectivity index (χ4n) is 1.47. The van der Waals surface area contributed by atoms with E-state index in [0.717, 1.165) is 3.57 Å². The molecule has 0 bridgehead atoms. The van der Waals surface area contributed by atoms with Crippen molar-refractivity contribution < 1.29 is 22.0 Å². The van der Waals surface area contributed by atoms with E-state index in [1.54, 1.807) is 0 Å². The lowest BCUT2D eigenvalue weighted by Crippen LogP contribution is -2.03. The Balaban J connectivity index is 2.75. The van der Waals surface area contributed by atoms with Gasteiger partial charge in [0, 0.05) is 3.57 Å². The Kier molecular flexibility index (Phi) is 3.56. The normalized spacial score (nSPS) is 10.8. The van der Waals surface area contributed by atoms with Crippen molar-refractivity contribution in [3.8, 4) is 11.1 Å².